The molecule has 1 atom stereocenters. The van der Waals surface area contributed by atoms with Gasteiger partial charge >= 0.3 is 0 Å². The van der Waals surface area contributed by atoms with Crippen LogP contribution in [-0.2, 0) is 17.1 Å². The summed E-state index contributed by atoms with van der Waals surface area (Å²) in [6.07, 6.45) is 8.53. The van der Waals surface area contributed by atoms with E-state index in [1.807, 2.05) is 17.9 Å². The maximum atomic E-state index is 12.1. The molecular formula is C17H31IN6O2S. The summed E-state index contributed by atoms with van der Waals surface area (Å²) in [5.74, 6) is 1.80. The second-order valence-corrected chi connectivity index (χ2v) is 9.24. The molecule has 3 rings (SSSR count). The average molecular weight is 510 g/mol. The SMILES string of the molecule is CN=C(NCCS(=O)(=O)NCC1CCC1)N1CCC(c2cnn(C)c2)C1.I. The molecule has 1 saturated carbocycles. The highest BCUT2D eigenvalue weighted by Crippen LogP contribution is 2.27. The van der Waals surface area contributed by atoms with Gasteiger partial charge in [-0.25, -0.2) is 13.1 Å². The summed E-state index contributed by atoms with van der Waals surface area (Å²) in [6.45, 7) is 2.72. The predicted molar refractivity (Wildman–Crippen MR) is 118 cm³/mol. The van der Waals surface area contributed by atoms with Crippen LogP contribution in [0.15, 0.2) is 17.4 Å². The second-order valence-electron chi connectivity index (χ2n) is 7.32. The van der Waals surface area contributed by atoms with Crippen molar-refractivity contribution in [1.82, 2.24) is 24.7 Å². The number of rotatable bonds is 7. The molecule has 2 heterocycles. The van der Waals surface area contributed by atoms with Crippen LogP contribution in [0.3, 0.4) is 0 Å². The van der Waals surface area contributed by atoms with Crippen molar-refractivity contribution in [2.75, 3.05) is 39.0 Å². The standard InChI is InChI=1S/C17H30N6O2S.HI/c1-18-17(19-7-9-26(24,25)21-10-14-4-3-5-14)23-8-6-15(13-23)16-11-20-22(2)12-16;/h11-12,14-15,21H,3-10,13H2,1-2H3,(H,18,19);1H. The summed E-state index contributed by atoms with van der Waals surface area (Å²) >= 11 is 0. The van der Waals surface area contributed by atoms with Gasteiger partial charge < -0.3 is 10.2 Å². The third-order valence-electron chi connectivity index (χ3n) is 5.37. The van der Waals surface area contributed by atoms with E-state index in [-0.39, 0.29) is 29.7 Å². The lowest BCUT2D eigenvalue weighted by Crippen LogP contribution is -2.43. The summed E-state index contributed by atoms with van der Waals surface area (Å²) in [6, 6.07) is 0. The van der Waals surface area contributed by atoms with Crippen molar-refractivity contribution in [3.05, 3.63) is 18.0 Å². The minimum Gasteiger partial charge on any atom is -0.355 e. The highest BCUT2D eigenvalue weighted by molar-refractivity contribution is 14.0. The average Bonchev–Trinajstić information content (AvgIpc) is 3.19. The molecule has 0 bridgehead atoms. The topological polar surface area (TPSA) is 91.6 Å². The van der Waals surface area contributed by atoms with Gasteiger partial charge in [0.15, 0.2) is 5.96 Å². The Morgan fingerprint density at radius 1 is 1.37 bits per heavy atom. The number of aromatic nitrogens is 2. The van der Waals surface area contributed by atoms with Gasteiger partial charge in [-0.05, 0) is 30.7 Å². The zero-order chi connectivity index (χ0) is 18.6. The van der Waals surface area contributed by atoms with Crippen LogP contribution in [0.25, 0.3) is 0 Å². The fourth-order valence-electron chi connectivity index (χ4n) is 3.52. The second kappa shape index (κ2) is 10.1. The highest BCUT2D eigenvalue weighted by atomic mass is 127. The summed E-state index contributed by atoms with van der Waals surface area (Å²) in [5.41, 5.74) is 1.24. The smallest absolute Gasteiger partial charge is 0.213 e. The molecule has 0 spiro atoms. The van der Waals surface area contributed by atoms with Crippen LogP contribution >= 0.6 is 24.0 Å². The molecule has 154 valence electrons. The zero-order valence-corrected chi connectivity index (χ0v) is 19.2. The summed E-state index contributed by atoms with van der Waals surface area (Å²) in [7, 11) is 0.438. The van der Waals surface area contributed by atoms with Crippen LogP contribution < -0.4 is 10.0 Å². The number of nitrogens with one attached hydrogen (secondary N) is 2. The highest BCUT2D eigenvalue weighted by Gasteiger charge is 2.27. The monoisotopic (exact) mass is 510 g/mol. The van der Waals surface area contributed by atoms with Crippen molar-refractivity contribution < 1.29 is 8.42 Å². The van der Waals surface area contributed by atoms with Crippen LogP contribution in [0.5, 0.6) is 0 Å². The number of aryl methyl sites for hydroxylation is 1. The molecule has 2 fully saturated rings. The predicted octanol–water partition coefficient (Wildman–Crippen LogP) is 1.12. The Kier molecular flexibility index (Phi) is 8.35. The van der Waals surface area contributed by atoms with Gasteiger partial charge in [0.05, 0.1) is 11.9 Å². The first-order valence-corrected chi connectivity index (χ1v) is 11.0. The van der Waals surface area contributed by atoms with Crippen LogP contribution in [0.1, 0.15) is 37.2 Å². The van der Waals surface area contributed by atoms with Gasteiger partial charge in [-0.3, -0.25) is 9.67 Å². The van der Waals surface area contributed by atoms with Crippen molar-refractivity contribution in [1.29, 1.82) is 0 Å². The molecule has 8 nitrogen and oxygen atoms in total. The fourth-order valence-corrected chi connectivity index (χ4v) is 4.52. The van der Waals surface area contributed by atoms with Gasteiger partial charge in [0.2, 0.25) is 10.0 Å². The largest absolute Gasteiger partial charge is 0.355 e. The van der Waals surface area contributed by atoms with E-state index < -0.39 is 10.0 Å². The van der Waals surface area contributed by atoms with Crippen molar-refractivity contribution in [3.8, 4) is 0 Å². The molecule has 1 unspecified atom stereocenters. The maximum Gasteiger partial charge on any atom is 0.213 e. The summed E-state index contributed by atoms with van der Waals surface area (Å²) in [5, 5.41) is 7.44. The number of likely N-dealkylation sites (tertiary alicyclic amines) is 1. The van der Waals surface area contributed by atoms with Crippen molar-refractivity contribution in [3.63, 3.8) is 0 Å². The lowest BCUT2D eigenvalue weighted by molar-refractivity contribution is 0.316. The minimum atomic E-state index is -3.23. The van der Waals surface area contributed by atoms with E-state index in [4.69, 9.17) is 0 Å². The normalized spacial score (nSPS) is 21.0. The molecule has 1 saturated heterocycles. The van der Waals surface area contributed by atoms with E-state index in [1.54, 1.807) is 7.05 Å². The Labute approximate surface area is 179 Å². The number of hydrogen-bond donors (Lipinski definition) is 2. The van der Waals surface area contributed by atoms with Crippen molar-refractivity contribution >= 4 is 40.0 Å². The summed E-state index contributed by atoms with van der Waals surface area (Å²) < 4.78 is 28.7. The van der Waals surface area contributed by atoms with E-state index in [0.717, 1.165) is 38.3 Å². The van der Waals surface area contributed by atoms with Gasteiger partial charge in [0.25, 0.3) is 0 Å². The molecule has 0 amide bonds. The Morgan fingerprint density at radius 3 is 2.74 bits per heavy atom. The Balaban J connectivity index is 0.00000261. The molecule has 0 aromatic carbocycles. The molecule has 1 aromatic rings. The zero-order valence-electron chi connectivity index (χ0n) is 16.1. The number of guanidine groups is 1. The van der Waals surface area contributed by atoms with Crippen LogP contribution in [0, 0.1) is 5.92 Å². The van der Waals surface area contributed by atoms with Gasteiger partial charge in [-0.15, -0.1) is 24.0 Å². The lowest BCUT2D eigenvalue weighted by Gasteiger charge is -2.25. The molecule has 1 aliphatic carbocycles. The lowest BCUT2D eigenvalue weighted by atomic mass is 9.86. The number of hydrogen-bond acceptors (Lipinski definition) is 4. The number of nitrogens with zero attached hydrogens (tertiary/aromatic N) is 4. The third kappa shape index (κ3) is 6.31. The van der Waals surface area contributed by atoms with Crippen LogP contribution in [0.2, 0.25) is 0 Å². The van der Waals surface area contributed by atoms with Crippen LogP contribution in [-0.4, -0.2) is 68.0 Å². The molecule has 1 aliphatic heterocycles. The minimum absolute atomic E-state index is 0. The van der Waals surface area contributed by atoms with E-state index in [0.29, 0.717) is 24.9 Å². The molecule has 2 N–H and O–H groups in total. The van der Waals surface area contributed by atoms with Crippen LogP contribution in [0.4, 0.5) is 0 Å². The maximum absolute atomic E-state index is 12.1. The molecule has 0 radical (unpaired) electrons. The van der Waals surface area contributed by atoms with Gasteiger partial charge in [-0.1, -0.05) is 6.42 Å². The molecular weight excluding hydrogens is 479 g/mol. The molecule has 10 heteroatoms. The van der Waals surface area contributed by atoms with Crippen molar-refractivity contribution in [2.45, 2.75) is 31.6 Å². The number of aliphatic imine (C=N–C) groups is 1. The Morgan fingerprint density at radius 2 is 2.15 bits per heavy atom. The fraction of sp³-hybridized carbons (Fsp3) is 0.765. The molecule has 1 aromatic heterocycles. The number of halogens is 1. The van der Waals surface area contributed by atoms with Gasteiger partial charge in [0, 0.05) is 52.4 Å². The van der Waals surface area contributed by atoms with E-state index in [1.165, 1.54) is 12.0 Å². The van der Waals surface area contributed by atoms with E-state index >= 15 is 0 Å². The first-order valence-electron chi connectivity index (χ1n) is 9.38. The number of sulfonamides is 1. The summed E-state index contributed by atoms with van der Waals surface area (Å²) in [4.78, 5) is 6.50. The van der Waals surface area contributed by atoms with E-state index in [9.17, 15) is 8.42 Å². The Hall–Kier alpha value is -0.880. The van der Waals surface area contributed by atoms with Gasteiger partial charge in [-0.2, -0.15) is 5.10 Å². The first kappa shape index (κ1) is 22.4. The third-order valence-corrected chi connectivity index (χ3v) is 6.71. The van der Waals surface area contributed by atoms with Gasteiger partial charge in [0.1, 0.15) is 0 Å². The van der Waals surface area contributed by atoms with E-state index in [2.05, 4.69) is 31.2 Å². The van der Waals surface area contributed by atoms with Crippen molar-refractivity contribution in [2.24, 2.45) is 18.0 Å². The molecule has 2 aliphatic rings. The molecule has 27 heavy (non-hydrogen) atoms. The first-order chi connectivity index (χ1) is 12.5. The Bertz CT molecular complexity index is 732. The quantitative estimate of drug-likeness (QED) is 0.326.